The molecule has 0 amide bonds. The Balaban J connectivity index is 2.99. The molecule has 0 heterocycles. The van der Waals surface area contributed by atoms with Crippen LogP contribution in [0.5, 0.6) is 0 Å². The molecule has 1 aromatic rings. The SMILES string of the molecule is CCC(C)C(O)c1cc(C)ccc1C. The molecular formula is C13H20O. The molecular weight excluding hydrogens is 172 g/mol. The van der Waals surface area contributed by atoms with Crippen molar-refractivity contribution < 1.29 is 5.11 Å². The Kier molecular flexibility index (Phi) is 3.70. The topological polar surface area (TPSA) is 20.2 Å². The number of aliphatic hydroxyl groups is 1. The third-order valence-electron chi connectivity index (χ3n) is 2.94. The first-order valence-corrected chi connectivity index (χ1v) is 5.31. The summed E-state index contributed by atoms with van der Waals surface area (Å²) in [6.07, 6.45) is 0.689. The van der Waals surface area contributed by atoms with Gasteiger partial charge in [0.2, 0.25) is 0 Å². The zero-order chi connectivity index (χ0) is 10.7. The third kappa shape index (κ3) is 2.36. The Labute approximate surface area is 86.8 Å². The summed E-state index contributed by atoms with van der Waals surface area (Å²) < 4.78 is 0. The molecule has 0 spiro atoms. The van der Waals surface area contributed by atoms with Crippen LogP contribution in [0.3, 0.4) is 0 Å². The van der Waals surface area contributed by atoms with E-state index in [2.05, 4.69) is 45.9 Å². The van der Waals surface area contributed by atoms with Crippen LogP contribution >= 0.6 is 0 Å². The fourth-order valence-corrected chi connectivity index (χ4v) is 1.61. The van der Waals surface area contributed by atoms with E-state index in [-0.39, 0.29) is 6.10 Å². The van der Waals surface area contributed by atoms with Gasteiger partial charge in [0, 0.05) is 0 Å². The molecule has 2 atom stereocenters. The van der Waals surface area contributed by atoms with Crippen molar-refractivity contribution in [3.8, 4) is 0 Å². The number of hydrogen-bond donors (Lipinski definition) is 1. The highest BCUT2D eigenvalue weighted by atomic mass is 16.3. The zero-order valence-corrected chi connectivity index (χ0v) is 9.54. The quantitative estimate of drug-likeness (QED) is 0.778. The maximum Gasteiger partial charge on any atom is 0.0818 e. The van der Waals surface area contributed by atoms with E-state index in [4.69, 9.17) is 0 Å². The fourth-order valence-electron chi connectivity index (χ4n) is 1.61. The van der Waals surface area contributed by atoms with Crippen molar-refractivity contribution in [3.05, 3.63) is 34.9 Å². The summed E-state index contributed by atoms with van der Waals surface area (Å²) in [5.74, 6) is 0.329. The molecule has 14 heavy (non-hydrogen) atoms. The second-order valence-electron chi connectivity index (χ2n) is 4.19. The van der Waals surface area contributed by atoms with E-state index in [9.17, 15) is 5.11 Å². The number of aryl methyl sites for hydroxylation is 2. The van der Waals surface area contributed by atoms with Crippen LogP contribution in [0.15, 0.2) is 18.2 Å². The normalized spacial score (nSPS) is 15.2. The van der Waals surface area contributed by atoms with Gasteiger partial charge in [0.25, 0.3) is 0 Å². The lowest BCUT2D eigenvalue weighted by molar-refractivity contribution is 0.115. The van der Waals surface area contributed by atoms with Gasteiger partial charge in [-0.2, -0.15) is 0 Å². The Morgan fingerprint density at radius 3 is 2.50 bits per heavy atom. The Morgan fingerprint density at radius 1 is 1.29 bits per heavy atom. The summed E-state index contributed by atoms with van der Waals surface area (Å²) >= 11 is 0. The van der Waals surface area contributed by atoms with Crippen LogP contribution in [-0.4, -0.2) is 5.11 Å². The summed E-state index contributed by atoms with van der Waals surface area (Å²) in [5, 5.41) is 10.1. The number of hydrogen-bond acceptors (Lipinski definition) is 1. The predicted octanol–water partition coefficient (Wildman–Crippen LogP) is 3.38. The van der Waals surface area contributed by atoms with E-state index in [0.717, 1.165) is 12.0 Å². The van der Waals surface area contributed by atoms with Crippen LogP contribution in [0.1, 0.15) is 43.1 Å². The van der Waals surface area contributed by atoms with Crippen molar-refractivity contribution >= 4 is 0 Å². The molecule has 0 aliphatic heterocycles. The largest absolute Gasteiger partial charge is 0.388 e. The van der Waals surface area contributed by atoms with Crippen molar-refractivity contribution in [1.29, 1.82) is 0 Å². The third-order valence-corrected chi connectivity index (χ3v) is 2.94. The first-order valence-electron chi connectivity index (χ1n) is 5.31. The molecule has 1 nitrogen and oxygen atoms in total. The van der Waals surface area contributed by atoms with Crippen molar-refractivity contribution in [2.75, 3.05) is 0 Å². The second kappa shape index (κ2) is 4.61. The van der Waals surface area contributed by atoms with E-state index in [1.165, 1.54) is 11.1 Å². The van der Waals surface area contributed by atoms with Crippen LogP contribution in [0.25, 0.3) is 0 Å². The summed E-state index contributed by atoms with van der Waals surface area (Å²) in [6.45, 7) is 8.32. The van der Waals surface area contributed by atoms with E-state index >= 15 is 0 Å². The lowest BCUT2D eigenvalue weighted by atomic mass is 9.91. The molecule has 0 saturated carbocycles. The van der Waals surface area contributed by atoms with Gasteiger partial charge in [0.1, 0.15) is 0 Å². The molecule has 0 aliphatic carbocycles. The van der Waals surface area contributed by atoms with E-state index in [1.54, 1.807) is 0 Å². The van der Waals surface area contributed by atoms with E-state index < -0.39 is 0 Å². The van der Waals surface area contributed by atoms with Gasteiger partial charge >= 0.3 is 0 Å². The van der Waals surface area contributed by atoms with Crippen LogP contribution < -0.4 is 0 Å². The molecule has 2 unspecified atom stereocenters. The van der Waals surface area contributed by atoms with Gasteiger partial charge < -0.3 is 5.11 Å². The molecule has 1 N–H and O–H groups in total. The molecule has 0 fully saturated rings. The summed E-state index contributed by atoms with van der Waals surface area (Å²) in [6, 6.07) is 6.25. The number of benzene rings is 1. The Morgan fingerprint density at radius 2 is 1.93 bits per heavy atom. The summed E-state index contributed by atoms with van der Waals surface area (Å²) in [5.41, 5.74) is 3.48. The highest BCUT2D eigenvalue weighted by Crippen LogP contribution is 2.27. The fraction of sp³-hybridized carbons (Fsp3) is 0.538. The van der Waals surface area contributed by atoms with Gasteiger partial charge in [-0.15, -0.1) is 0 Å². The lowest BCUT2D eigenvalue weighted by Crippen LogP contribution is -2.09. The predicted molar refractivity (Wildman–Crippen MR) is 60.3 cm³/mol. The molecule has 0 radical (unpaired) electrons. The average Bonchev–Trinajstić information content (AvgIpc) is 2.19. The second-order valence-corrected chi connectivity index (χ2v) is 4.19. The molecule has 0 saturated heterocycles. The first kappa shape index (κ1) is 11.3. The minimum atomic E-state index is -0.320. The standard InChI is InChI=1S/C13H20O/c1-5-10(3)13(14)12-8-9(2)6-7-11(12)4/h6-8,10,13-14H,5H2,1-4H3. The Hall–Kier alpha value is -0.820. The van der Waals surface area contributed by atoms with Crippen molar-refractivity contribution in [2.45, 2.75) is 40.2 Å². The maximum absolute atomic E-state index is 10.1. The monoisotopic (exact) mass is 192 g/mol. The number of aliphatic hydroxyl groups excluding tert-OH is 1. The van der Waals surface area contributed by atoms with Crippen molar-refractivity contribution in [2.24, 2.45) is 5.92 Å². The highest BCUT2D eigenvalue weighted by molar-refractivity contribution is 5.32. The van der Waals surface area contributed by atoms with Gasteiger partial charge in [-0.1, -0.05) is 44.0 Å². The first-order chi connectivity index (χ1) is 6.56. The van der Waals surface area contributed by atoms with Gasteiger partial charge in [0.15, 0.2) is 0 Å². The Bertz CT molecular complexity index is 304. The molecule has 1 rings (SSSR count). The van der Waals surface area contributed by atoms with Gasteiger partial charge in [-0.25, -0.2) is 0 Å². The van der Waals surface area contributed by atoms with E-state index in [0.29, 0.717) is 5.92 Å². The minimum absolute atomic E-state index is 0.320. The summed E-state index contributed by atoms with van der Waals surface area (Å²) in [7, 11) is 0. The summed E-state index contributed by atoms with van der Waals surface area (Å²) in [4.78, 5) is 0. The zero-order valence-electron chi connectivity index (χ0n) is 9.54. The van der Waals surface area contributed by atoms with Gasteiger partial charge in [-0.3, -0.25) is 0 Å². The molecule has 1 heteroatoms. The molecule has 78 valence electrons. The average molecular weight is 192 g/mol. The maximum atomic E-state index is 10.1. The smallest absolute Gasteiger partial charge is 0.0818 e. The van der Waals surface area contributed by atoms with Gasteiger partial charge in [-0.05, 0) is 30.9 Å². The van der Waals surface area contributed by atoms with Crippen LogP contribution in [0, 0.1) is 19.8 Å². The highest BCUT2D eigenvalue weighted by Gasteiger charge is 2.16. The van der Waals surface area contributed by atoms with Gasteiger partial charge in [0.05, 0.1) is 6.10 Å². The van der Waals surface area contributed by atoms with E-state index in [1.807, 2.05) is 0 Å². The van der Waals surface area contributed by atoms with Crippen molar-refractivity contribution in [3.63, 3.8) is 0 Å². The number of rotatable bonds is 3. The van der Waals surface area contributed by atoms with Crippen LogP contribution in [0.4, 0.5) is 0 Å². The van der Waals surface area contributed by atoms with Crippen LogP contribution in [0.2, 0.25) is 0 Å². The molecule has 0 aliphatic rings. The molecule has 1 aromatic carbocycles. The van der Waals surface area contributed by atoms with Crippen molar-refractivity contribution in [1.82, 2.24) is 0 Å². The minimum Gasteiger partial charge on any atom is -0.388 e. The molecule has 0 bridgehead atoms. The molecule has 0 aromatic heterocycles. The lowest BCUT2D eigenvalue weighted by Gasteiger charge is -2.19. The van der Waals surface area contributed by atoms with Crippen LogP contribution in [-0.2, 0) is 0 Å².